The second-order valence-corrected chi connectivity index (χ2v) is 12.6. The molecule has 0 saturated heterocycles. The summed E-state index contributed by atoms with van der Waals surface area (Å²) in [5, 5.41) is 0. The molecule has 37 heavy (non-hydrogen) atoms. The average Bonchev–Trinajstić information content (AvgIpc) is 2.77. The Bertz CT molecular complexity index is 769. The summed E-state index contributed by atoms with van der Waals surface area (Å²) in [6, 6.07) is 0. The number of phosphoric acid groups is 1. The van der Waals surface area contributed by atoms with Crippen LogP contribution in [0.25, 0.3) is 0 Å². The fourth-order valence-corrected chi connectivity index (χ4v) is 4.98. The summed E-state index contributed by atoms with van der Waals surface area (Å²) >= 11 is 0. The first-order valence-electron chi connectivity index (χ1n) is 14.0. The highest BCUT2D eigenvalue weighted by Gasteiger charge is 2.37. The van der Waals surface area contributed by atoms with E-state index in [0.29, 0.717) is 6.61 Å². The van der Waals surface area contributed by atoms with Gasteiger partial charge in [0.05, 0.1) is 17.8 Å². The predicted octanol–water partition coefficient (Wildman–Crippen LogP) is 10.9. The van der Waals surface area contributed by atoms with Gasteiger partial charge in [0.2, 0.25) is 0 Å². The van der Waals surface area contributed by atoms with Crippen molar-refractivity contribution in [1.29, 1.82) is 0 Å². The quantitative estimate of drug-likeness (QED) is 0.122. The fourth-order valence-electron chi connectivity index (χ4n) is 3.10. The third-order valence-corrected chi connectivity index (χ3v) is 6.89. The number of hydrogen-bond donors (Lipinski definition) is 0. The highest BCUT2D eigenvalue weighted by atomic mass is 31.2. The van der Waals surface area contributed by atoms with Crippen molar-refractivity contribution in [3.63, 3.8) is 0 Å². The Kier molecular flexibility index (Phi) is 19.7. The topological polar surface area (TPSA) is 44.8 Å². The van der Waals surface area contributed by atoms with Gasteiger partial charge in [-0.25, -0.2) is 4.57 Å². The van der Waals surface area contributed by atoms with Crippen molar-refractivity contribution in [2.45, 2.75) is 118 Å². The zero-order valence-corrected chi connectivity index (χ0v) is 25.8. The molecule has 0 aliphatic carbocycles. The van der Waals surface area contributed by atoms with Crippen LogP contribution in [-0.4, -0.2) is 17.8 Å². The van der Waals surface area contributed by atoms with Crippen molar-refractivity contribution in [3.8, 4) is 0 Å². The van der Waals surface area contributed by atoms with E-state index in [0.717, 1.165) is 51.4 Å². The standard InChI is InChI=1S/C32H55O4P/c1-9-11-12-13-14-15-16-17-18-19-20-21-22-23-24-25-26-27-28-30(10-2)29-34-37(33,35-31(3,4)5)36-32(6,7)8/h11-12,14-15,17-18,20-21,23-24,26-27,30H,9-10,13,16,19,22,25,28-29H2,1-8H3/b12-11-,15-14-,18-17-,21-20-,24-23-,27-26-. The molecule has 0 saturated carbocycles. The van der Waals surface area contributed by atoms with Crippen LogP contribution in [0.4, 0.5) is 0 Å². The van der Waals surface area contributed by atoms with E-state index >= 15 is 0 Å². The average molecular weight is 535 g/mol. The molecule has 5 heteroatoms. The second kappa shape index (κ2) is 20.5. The largest absolute Gasteiger partial charge is 0.475 e. The molecule has 1 atom stereocenters. The van der Waals surface area contributed by atoms with Crippen LogP contribution in [-0.2, 0) is 18.1 Å². The molecule has 0 N–H and O–H groups in total. The maximum Gasteiger partial charge on any atom is 0.475 e. The van der Waals surface area contributed by atoms with E-state index in [1.54, 1.807) is 0 Å². The Morgan fingerprint density at radius 1 is 0.595 bits per heavy atom. The van der Waals surface area contributed by atoms with Crippen molar-refractivity contribution in [2.24, 2.45) is 5.92 Å². The first-order valence-corrected chi connectivity index (χ1v) is 15.4. The lowest BCUT2D eigenvalue weighted by Crippen LogP contribution is -2.25. The minimum Gasteiger partial charge on any atom is -0.287 e. The van der Waals surface area contributed by atoms with Crippen LogP contribution < -0.4 is 0 Å². The molecule has 0 aromatic carbocycles. The molecule has 0 amide bonds. The zero-order chi connectivity index (χ0) is 28.0. The van der Waals surface area contributed by atoms with Crippen molar-refractivity contribution >= 4 is 7.82 Å². The number of phosphoric ester groups is 1. The molecular weight excluding hydrogens is 479 g/mol. The van der Waals surface area contributed by atoms with E-state index < -0.39 is 19.0 Å². The summed E-state index contributed by atoms with van der Waals surface area (Å²) in [5.41, 5.74) is -1.24. The number of rotatable bonds is 19. The molecule has 0 heterocycles. The Morgan fingerprint density at radius 2 is 0.946 bits per heavy atom. The van der Waals surface area contributed by atoms with Crippen LogP contribution in [0, 0.1) is 5.92 Å². The molecule has 0 rings (SSSR count). The maximum absolute atomic E-state index is 13.2. The minimum atomic E-state index is -3.66. The van der Waals surface area contributed by atoms with Crippen LogP contribution in [0.3, 0.4) is 0 Å². The van der Waals surface area contributed by atoms with Gasteiger partial charge in [-0.05, 0) is 92.4 Å². The number of hydrogen-bond acceptors (Lipinski definition) is 4. The van der Waals surface area contributed by atoms with Gasteiger partial charge in [0.1, 0.15) is 0 Å². The molecule has 0 aromatic rings. The Hall–Kier alpha value is -1.45. The molecule has 0 aromatic heterocycles. The van der Waals surface area contributed by atoms with Gasteiger partial charge in [-0.1, -0.05) is 93.2 Å². The van der Waals surface area contributed by atoms with Crippen molar-refractivity contribution in [3.05, 3.63) is 72.9 Å². The first kappa shape index (κ1) is 35.5. The van der Waals surface area contributed by atoms with E-state index in [4.69, 9.17) is 13.6 Å². The maximum atomic E-state index is 13.2. The highest BCUT2D eigenvalue weighted by Crippen LogP contribution is 2.55. The van der Waals surface area contributed by atoms with Gasteiger partial charge in [-0.3, -0.25) is 13.6 Å². The lowest BCUT2D eigenvalue weighted by Gasteiger charge is -2.31. The molecular formula is C32H55O4P. The summed E-state index contributed by atoms with van der Waals surface area (Å²) in [4.78, 5) is 0. The number of allylic oxidation sites excluding steroid dienone is 12. The van der Waals surface area contributed by atoms with Crippen LogP contribution in [0.2, 0.25) is 0 Å². The predicted molar refractivity (Wildman–Crippen MR) is 162 cm³/mol. The van der Waals surface area contributed by atoms with E-state index in [1.807, 2.05) is 41.5 Å². The van der Waals surface area contributed by atoms with E-state index in [1.165, 1.54) is 0 Å². The monoisotopic (exact) mass is 534 g/mol. The molecule has 0 fully saturated rings. The Balaban J connectivity index is 4.25. The van der Waals surface area contributed by atoms with Crippen LogP contribution in [0.15, 0.2) is 72.9 Å². The Morgan fingerprint density at radius 3 is 1.27 bits per heavy atom. The summed E-state index contributed by atoms with van der Waals surface area (Å²) in [6.07, 6.45) is 34.2. The lowest BCUT2D eigenvalue weighted by atomic mass is 10.0. The van der Waals surface area contributed by atoms with Gasteiger partial charge in [-0.15, -0.1) is 0 Å². The van der Waals surface area contributed by atoms with Crippen molar-refractivity contribution in [1.82, 2.24) is 0 Å². The summed E-state index contributed by atoms with van der Waals surface area (Å²) in [7, 11) is -3.66. The highest BCUT2D eigenvalue weighted by molar-refractivity contribution is 7.48. The first-order chi connectivity index (χ1) is 17.4. The molecule has 4 nitrogen and oxygen atoms in total. The fraction of sp³-hybridized carbons (Fsp3) is 0.625. The molecule has 0 aliphatic rings. The third-order valence-electron chi connectivity index (χ3n) is 4.88. The van der Waals surface area contributed by atoms with Crippen molar-refractivity contribution < 1.29 is 18.1 Å². The molecule has 0 aliphatic heterocycles. The van der Waals surface area contributed by atoms with Gasteiger partial charge in [0, 0.05) is 0 Å². The van der Waals surface area contributed by atoms with Crippen LogP contribution in [0.5, 0.6) is 0 Å². The van der Waals surface area contributed by atoms with Gasteiger partial charge >= 0.3 is 7.82 Å². The second-order valence-electron chi connectivity index (χ2n) is 11.1. The van der Waals surface area contributed by atoms with E-state index in [-0.39, 0.29) is 5.92 Å². The van der Waals surface area contributed by atoms with Crippen molar-refractivity contribution in [2.75, 3.05) is 6.61 Å². The molecule has 0 bridgehead atoms. The normalized spacial score (nSPS) is 15.1. The van der Waals surface area contributed by atoms with Crippen LogP contribution >= 0.6 is 7.82 Å². The lowest BCUT2D eigenvalue weighted by molar-refractivity contribution is -0.00105. The van der Waals surface area contributed by atoms with E-state index in [2.05, 4.69) is 86.8 Å². The van der Waals surface area contributed by atoms with Gasteiger partial charge < -0.3 is 0 Å². The van der Waals surface area contributed by atoms with Gasteiger partial charge in [-0.2, -0.15) is 0 Å². The third kappa shape index (κ3) is 24.6. The van der Waals surface area contributed by atoms with Crippen LogP contribution in [0.1, 0.15) is 107 Å². The zero-order valence-electron chi connectivity index (χ0n) is 24.9. The Labute approximate surface area is 229 Å². The smallest absolute Gasteiger partial charge is 0.287 e. The molecule has 0 spiro atoms. The minimum absolute atomic E-state index is 0.255. The summed E-state index contributed by atoms with van der Waals surface area (Å²) in [5.74, 6) is 0.255. The molecule has 212 valence electrons. The van der Waals surface area contributed by atoms with Gasteiger partial charge in [0.25, 0.3) is 0 Å². The van der Waals surface area contributed by atoms with E-state index in [9.17, 15) is 4.57 Å². The van der Waals surface area contributed by atoms with Gasteiger partial charge in [0.15, 0.2) is 0 Å². The summed E-state index contributed by atoms with van der Waals surface area (Å²) in [6.45, 7) is 15.7. The summed E-state index contributed by atoms with van der Waals surface area (Å²) < 4.78 is 30.4. The SMILES string of the molecule is CC/C=C\C/C=C\C/C=C\C/C=C\C/C=C\C/C=C\CC(CC)COP(=O)(OC(C)(C)C)OC(C)(C)C. The molecule has 1 unspecified atom stereocenters. The molecule has 0 radical (unpaired) electrons.